The molecule has 0 saturated carbocycles. The molecule has 0 aliphatic rings. The van der Waals surface area contributed by atoms with Gasteiger partial charge in [-0.25, -0.2) is 0 Å². The third-order valence-corrected chi connectivity index (χ3v) is 11.4. The lowest BCUT2D eigenvalue weighted by Crippen LogP contribution is -2.11. The summed E-state index contributed by atoms with van der Waals surface area (Å²) >= 11 is 1.85. The zero-order valence-electron chi connectivity index (χ0n) is 26.9. The number of para-hydroxylation sites is 2. The maximum absolute atomic E-state index is 6.71. The van der Waals surface area contributed by atoms with Gasteiger partial charge in [0.05, 0.1) is 32.5 Å². The molecule has 0 radical (unpaired) electrons. The third-order valence-electron chi connectivity index (χ3n) is 10.2. The number of hydrogen-bond acceptors (Lipinski definition) is 3. The van der Waals surface area contributed by atoms with E-state index in [9.17, 15) is 0 Å². The fourth-order valence-electron chi connectivity index (χ4n) is 8.01. The number of thiophene rings is 1. The molecule has 11 aromatic rings. The molecule has 0 bridgehead atoms. The van der Waals surface area contributed by atoms with Gasteiger partial charge >= 0.3 is 0 Å². The average Bonchev–Trinajstić information content (AvgIpc) is 3.86. The minimum Gasteiger partial charge on any atom is -0.455 e. The van der Waals surface area contributed by atoms with Crippen LogP contribution in [0.25, 0.3) is 80.4 Å². The SMILES string of the molecule is c1cc(N(c2cccc3c2sc2ccccc23)c2cccc3oc4c5ccccc5ccc4c23)cc(-n2c3ccccc3c3ccccc32)c1. The summed E-state index contributed by atoms with van der Waals surface area (Å²) in [6, 6.07) is 61.2. The Morgan fingerprint density at radius 3 is 1.98 bits per heavy atom. The fraction of sp³-hybridized carbons (Fsp3) is 0. The summed E-state index contributed by atoms with van der Waals surface area (Å²) in [5.41, 5.74) is 8.61. The molecule has 0 aliphatic heterocycles. The average molecular weight is 657 g/mol. The van der Waals surface area contributed by atoms with E-state index in [0.717, 1.165) is 50.1 Å². The molecular weight excluding hydrogens is 629 g/mol. The second-order valence-electron chi connectivity index (χ2n) is 12.9. The maximum Gasteiger partial charge on any atom is 0.143 e. The second-order valence-corrected chi connectivity index (χ2v) is 13.9. The molecule has 0 atom stereocenters. The van der Waals surface area contributed by atoms with E-state index >= 15 is 0 Å². The molecule has 3 heterocycles. The number of hydrogen-bond donors (Lipinski definition) is 0. The van der Waals surface area contributed by atoms with Gasteiger partial charge in [-0.05, 0) is 66.0 Å². The van der Waals surface area contributed by atoms with Crippen LogP contribution in [-0.2, 0) is 0 Å². The second kappa shape index (κ2) is 10.6. The summed E-state index contributed by atoms with van der Waals surface area (Å²) in [7, 11) is 0. The molecular formula is C46H28N2OS. The van der Waals surface area contributed by atoms with Gasteiger partial charge < -0.3 is 13.9 Å². The molecule has 0 amide bonds. The fourth-order valence-corrected chi connectivity index (χ4v) is 9.22. The highest BCUT2D eigenvalue weighted by molar-refractivity contribution is 7.26. The van der Waals surface area contributed by atoms with Crippen molar-refractivity contribution in [1.82, 2.24) is 4.57 Å². The van der Waals surface area contributed by atoms with Crippen LogP contribution in [0.15, 0.2) is 174 Å². The zero-order valence-corrected chi connectivity index (χ0v) is 27.7. The van der Waals surface area contributed by atoms with Crippen LogP contribution in [0.5, 0.6) is 0 Å². The van der Waals surface area contributed by atoms with Gasteiger partial charge in [0.15, 0.2) is 0 Å². The molecule has 4 heteroatoms. The Morgan fingerprint density at radius 1 is 0.480 bits per heavy atom. The van der Waals surface area contributed by atoms with Gasteiger partial charge in [0.2, 0.25) is 0 Å². The molecule has 0 aliphatic carbocycles. The lowest BCUT2D eigenvalue weighted by molar-refractivity contribution is 0.672. The molecule has 3 aromatic heterocycles. The van der Waals surface area contributed by atoms with Crippen molar-refractivity contribution in [3.05, 3.63) is 170 Å². The monoisotopic (exact) mass is 656 g/mol. The van der Waals surface area contributed by atoms with Gasteiger partial charge in [-0.2, -0.15) is 0 Å². The quantitative estimate of drug-likeness (QED) is 0.188. The molecule has 0 spiro atoms. The summed E-state index contributed by atoms with van der Waals surface area (Å²) in [6.45, 7) is 0. The number of fused-ring (bicyclic) bond motifs is 11. The first-order valence-corrected chi connectivity index (χ1v) is 17.8. The van der Waals surface area contributed by atoms with E-state index in [1.807, 2.05) is 11.3 Å². The number of nitrogens with zero attached hydrogens (tertiary/aromatic N) is 2. The Labute approximate surface area is 291 Å². The maximum atomic E-state index is 6.71. The molecule has 0 unspecified atom stereocenters. The zero-order chi connectivity index (χ0) is 32.8. The predicted molar refractivity (Wildman–Crippen MR) is 213 cm³/mol. The van der Waals surface area contributed by atoms with Crippen LogP contribution in [0.3, 0.4) is 0 Å². The molecule has 234 valence electrons. The van der Waals surface area contributed by atoms with Gasteiger partial charge in [0, 0.05) is 48.4 Å². The Bertz CT molecular complexity index is 3070. The van der Waals surface area contributed by atoms with Crippen LogP contribution in [0.4, 0.5) is 17.1 Å². The minimum absolute atomic E-state index is 0.876. The lowest BCUT2D eigenvalue weighted by Gasteiger charge is -2.27. The summed E-state index contributed by atoms with van der Waals surface area (Å²) in [4.78, 5) is 2.45. The van der Waals surface area contributed by atoms with Crippen LogP contribution in [-0.4, -0.2) is 4.57 Å². The van der Waals surface area contributed by atoms with Crippen LogP contribution in [0.1, 0.15) is 0 Å². The van der Waals surface area contributed by atoms with Crippen molar-refractivity contribution < 1.29 is 4.42 Å². The van der Waals surface area contributed by atoms with Gasteiger partial charge in [-0.15, -0.1) is 11.3 Å². The van der Waals surface area contributed by atoms with Crippen LogP contribution in [0, 0.1) is 0 Å². The van der Waals surface area contributed by atoms with E-state index in [1.54, 1.807) is 0 Å². The summed E-state index contributed by atoms with van der Waals surface area (Å²) in [5, 5.41) is 9.57. The van der Waals surface area contributed by atoms with Crippen molar-refractivity contribution >= 4 is 103 Å². The van der Waals surface area contributed by atoms with Gasteiger partial charge in [-0.3, -0.25) is 0 Å². The van der Waals surface area contributed by atoms with Gasteiger partial charge in [0.1, 0.15) is 11.2 Å². The van der Waals surface area contributed by atoms with E-state index in [4.69, 9.17) is 4.42 Å². The van der Waals surface area contributed by atoms with Crippen molar-refractivity contribution in [2.75, 3.05) is 4.90 Å². The first kappa shape index (κ1) is 27.6. The highest BCUT2D eigenvalue weighted by Gasteiger charge is 2.23. The minimum atomic E-state index is 0.876. The molecule has 0 N–H and O–H groups in total. The van der Waals surface area contributed by atoms with Crippen LogP contribution in [0.2, 0.25) is 0 Å². The molecule has 3 nitrogen and oxygen atoms in total. The summed E-state index contributed by atoms with van der Waals surface area (Å²) in [5.74, 6) is 0. The van der Waals surface area contributed by atoms with E-state index in [-0.39, 0.29) is 0 Å². The largest absolute Gasteiger partial charge is 0.455 e. The molecule has 0 saturated heterocycles. The smallest absolute Gasteiger partial charge is 0.143 e. The van der Waals surface area contributed by atoms with Gasteiger partial charge in [-0.1, -0.05) is 109 Å². The van der Waals surface area contributed by atoms with Crippen molar-refractivity contribution in [3.63, 3.8) is 0 Å². The Balaban J connectivity index is 1.23. The van der Waals surface area contributed by atoms with Crippen LogP contribution >= 0.6 is 11.3 Å². The van der Waals surface area contributed by atoms with Crippen molar-refractivity contribution in [2.45, 2.75) is 0 Å². The highest BCUT2D eigenvalue weighted by atomic mass is 32.1. The van der Waals surface area contributed by atoms with Crippen molar-refractivity contribution in [1.29, 1.82) is 0 Å². The Kier molecular flexibility index (Phi) is 5.83. The first-order chi connectivity index (χ1) is 24.8. The van der Waals surface area contributed by atoms with Crippen molar-refractivity contribution in [3.8, 4) is 5.69 Å². The topological polar surface area (TPSA) is 21.3 Å². The number of furan rings is 1. The number of rotatable bonds is 4. The molecule has 8 aromatic carbocycles. The number of benzene rings is 8. The van der Waals surface area contributed by atoms with Gasteiger partial charge in [0.25, 0.3) is 0 Å². The highest BCUT2D eigenvalue weighted by Crippen LogP contribution is 2.49. The number of aromatic nitrogens is 1. The van der Waals surface area contributed by atoms with Crippen molar-refractivity contribution in [2.24, 2.45) is 0 Å². The van der Waals surface area contributed by atoms with Crippen LogP contribution < -0.4 is 4.90 Å². The molecule has 0 fully saturated rings. The molecule has 50 heavy (non-hydrogen) atoms. The third kappa shape index (κ3) is 3.91. The first-order valence-electron chi connectivity index (χ1n) is 16.9. The Morgan fingerprint density at radius 2 is 1.14 bits per heavy atom. The summed E-state index contributed by atoms with van der Waals surface area (Å²) in [6.07, 6.45) is 0. The van der Waals surface area contributed by atoms with E-state index in [2.05, 4.69) is 179 Å². The van der Waals surface area contributed by atoms with E-state index < -0.39 is 0 Å². The lowest BCUT2D eigenvalue weighted by atomic mass is 10.0. The normalized spacial score (nSPS) is 12.0. The Hall–Kier alpha value is -6.36. The predicted octanol–water partition coefficient (Wildman–Crippen LogP) is 13.7. The van der Waals surface area contributed by atoms with E-state index in [0.29, 0.717) is 0 Å². The molecule has 11 rings (SSSR count). The summed E-state index contributed by atoms with van der Waals surface area (Å²) < 4.78 is 11.7. The van der Waals surface area contributed by atoms with E-state index in [1.165, 1.54) is 47.4 Å². The number of anilines is 3. The standard InChI is InChI=1S/C46H28N2OS/c1-2-15-32-29(12-1)26-27-37-44-40(22-11-24-42(44)49-45(32)37)48(41-23-10-19-36-35-18-5-8-25-43(35)50-46(36)41)31-14-9-13-30(28-31)47-38-20-6-3-16-33(38)34-17-4-7-21-39(34)47/h1-28H.